The van der Waals surface area contributed by atoms with Gasteiger partial charge in [0.15, 0.2) is 0 Å². The summed E-state index contributed by atoms with van der Waals surface area (Å²) >= 11 is 0. The Balaban J connectivity index is 1.40. The van der Waals surface area contributed by atoms with Crippen LogP contribution in [0.3, 0.4) is 0 Å². The normalized spacial score (nSPS) is 13.9. The van der Waals surface area contributed by atoms with Gasteiger partial charge in [0.1, 0.15) is 11.2 Å². The smallest absolute Gasteiger partial charge is 0.136 e. The number of fused-ring (bicyclic) bond motifs is 10. The standard InChI is InChI=1S/C44H26O/c1-3-15-29-27(12-1)14-11-23-32(29)41-34-19-7-9-21-36(34)42(37-22-10-8-20-35(37)41)38-26-40-44(33-18-6-5-17-31(33)38)43-30-16-4-2-13-28(30)24-25-39(43)45-40/h1-26H/i2D,4D,13D,16D,24D,25D. The fourth-order valence-electron chi connectivity index (χ4n) is 7.36. The molecule has 1 heterocycles. The third-order valence-corrected chi connectivity index (χ3v) is 9.20. The van der Waals surface area contributed by atoms with E-state index in [9.17, 15) is 0 Å². The van der Waals surface area contributed by atoms with Crippen LogP contribution < -0.4 is 0 Å². The van der Waals surface area contributed by atoms with Crippen LogP contribution in [0.2, 0.25) is 0 Å². The van der Waals surface area contributed by atoms with E-state index in [4.69, 9.17) is 12.6 Å². The Bertz CT molecular complexity index is 3100. The molecule has 10 rings (SSSR count). The van der Waals surface area contributed by atoms with E-state index in [1.54, 1.807) is 0 Å². The molecule has 0 aliphatic rings. The predicted molar refractivity (Wildman–Crippen MR) is 192 cm³/mol. The summed E-state index contributed by atoms with van der Waals surface area (Å²) in [6.07, 6.45) is 0. The molecule has 45 heavy (non-hydrogen) atoms. The lowest BCUT2D eigenvalue weighted by molar-refractivity contribution is 0.669. The van der Waals surface area contributed by atoms with E-state index >= 15 is 0 Å². The summed E-state index contributed by atoms with van der Waals surface area (Å²) in [7, 11) is 0. The quantitative estimate of drug-likeness (QED) is 0.187. The van der Waals surface area contributed by atoms with E-state index in [0.717, 1.165) is 49.0 Å². The molecule has 0 unspecified atom stereocenters. The lowest BCUT2D eigenvalue weighted by atomic mass is 9.83. The van der Waals surface area contributed by atoms with Crippen molar-refractivity contribution >= 4 is 75.8 Å². The molecule has 0 saturated heterocycles. The van der Waals surface area contributed by atoms with Gasteiger partial charge < -0.3 is 4.42 Å². The van der Waals surface area contributed by atoms with Crippen molar-refractivity contribution < 1.29 is 12.6 Å². The average molecular weight is 577 g/mol. The molecule has 0 radical (unpaired) electrons. The molecule has 1 nitrogen and oxygen atoms in total. The first kappa shape index (κ1) is 19.4. The highest BCUT2D eigenvalue weighted by Gasteiger charge is 2.22. The van der Waals surface area contributed by atoms with Crippen LogP contribution >= 0.6 is 0 Å². The van der Waals surface area contributed by atoms with Crippen molar-refractivity contribution in [2.24, 2.45) is 0 Å². The van der Waals surface area contributed by atoms with Crippen LogP contribution in [0.15, 0.2) is 162 Å². The molecule has 0 bridgehead atoms. The highest BCUT2D eigenvalue weighted by molar-refractivity contribution is 6.31. The maximum Gasteiger partial charge on any atom is 0.136 e. The molecule has 0 aliphatic heterocycles. The first-order valence-corrected chi connectivity index (χ1v) is 15.0. The second-order valence-electron chi connectivity index (χ2n) is 11.5. The third-order valence-electron chi connectivity index (χ3n) is 9.20. The van der Waals surface area contributed by atoms with Gasteiger partial charge in [0.25, 0.3) is 0 Å². The fraction of sp³-hybridized carbons (Fsp3) is 0. The molecule has 0 saturated carbocycles. The largest absolute Gasteiger partial charge is 0.456 e. The Hall–Kier alpha value is -5.92. The van der Waals surface area contributed by atoms with Crippen molar-refractivity contribution in [1.29, 1.82) is 0 Å². The molecule has 10 aromatic rings. The van der Waals surface area contributed by atoms with Gasteiger partial charge in [-0.25, -0.2) is 0 Å². The number of hydrogen-bond donors (Lipinski definition) is 0. The molecule has 0 atom stereocenters. The van der Waals surface area contributed by atoms with Gasteiger partial charge in [0.05, 0.1) is 8.22 Å². The van der Waals surface area contributed by atoms with E-state index in [1.807, 2.05) is 24.3 Å². The van der Waals surface area contributed by atoms with Crippen molar-refractivity contribution in [2.75, 3.05) is 0 Å². The molecular formula is C44H26O. The zero-order chi connectivity index (χ0) is 34.7. The van der Waals surface area contributed by atoms with Gasteiger partial charge in [-0.15, -0.1) is 0 Å². The van der Waals surface area contributed by atoms with Crippen molar-refractivity contribution in [1.82, 2.24) is 0 Å². The number of furan rings is 1. The maximum absolute atomic E-state index is 8.96. The van der Waals surface area contributed by atoms with Crippen LogP contribution in [0.4, 0.5) is 0 Å². The van der Waals surface area contributed by atoms with E-state index in [2.05, 4.69) is 97.1 Å². The van der Waals surface area contributed by atoms with Gasteiger partial charge in [0.2, 0.25) is 0 Å². The molecule has 0 fully saturated rings. The van der Waals surface area contributed by atoms with Crippen LogP contribution in [0, 0.1) is 0 Å². The minimum Gasteiger partial charge on any atom is -0.456 e. The van der Waals surface area contributed by atoms with Crippen molar-refractivity contribution in [2.45, 2.75) is 0 Å². The van der Waals surface area contributed by atoms with E-state index in [0.29, 0.717) is 16.4 Å². The Kier molecular flexibility index (Phi) is 4.00. The van der Waals surface area contributed by atoms with E-state index < -0.39 is 6.04 Å². The lowest BCUT2D eigenvalue weighted by Crippen LogP contribution is -1.92. The molecule has 0 aliphatic carbocycles. The molecule has 0 spiro atoms. The zero-order valence-corrected chi connectivity index (χ0v) is 24.0. The number of benzene rings is 9. The summed E-state index contributed by atoms with van der Waals surface area (Å²) in [6, 6.07) is 40.1. The Morgan fingerprint density at radius 1 is 0.378 bits per heavy atom. The van der Waals surface area contributed by atoms with Crippen LogP contribution in [0.25, 0.3) is 98.1 Å². The number of hydrogen-bond acceptors (Lipinski definition) is 1. The summed E-state index contributed by atoms with van der Waals surface area (Å²) in [6.45, 7) is 0. The van der Waals surface area contributed by atoms with E-state index in [1.165, 1.54) is 16.3 Å². The first-order valence-electron chi connectivity index (χ1n) is 18.0. The second-order valence-corrected chi connectivity index (χ2v) is 11.5. The molecule has 0 N–H and O–H groups in total. The van der Waals surface area contributed by atoms with Gasteiger partial charge >= 0.3 is 0 Å². The zero-order valence-electron chi connectivity index (χ0n) is 30.0. The molecule has 0 amide bonds. The monoisotopic (exact) mass is 576 g/mol. The van der Waals surface area contributed by atoms with E-state index in [-0.39, 0.29) is 46.6 Å². The molecule has 1 aromatic heterocycles. The second kappa shape index (κ2) is 9.29. The van der Waals surface area contributed by atoms with Gasteiger partial charge in [-0.2, -0.15) is 0 Å². The van der Waals surface area contributed by atoms with Gasteiger partial charge in [-0.1, -0.05) is 145 Å². The van der Waals surface area contributed by atoms with Crippen LogP contribution in [-0.4, -0.2) is 0 Å². The highest BCUT2D eigenvalue weighted by atomic mass is 16.3. The van der Waals surface area contributed by atoms with Gasteiger partial charge in [0, 0.05) is 10.8 Å². The number of rotatable bonds is 2. The molecular weight excluding hydrogens is 544 g/mol. The van der Waals surface area contributed by atoms with Crippen molar-refractivity contribution in [3.05, 3.63) is 158 Å². The first-order chi connectivity index (χ1) is 24.8. The summed E-state index contributed by atoms with van der Waals surface area (Å²) in [5, 5.41) is 9.83. The Labute approximate surface area is 268 Å². The summed E-state index contributed by atoms with van der Waals surface area (Å²) in [5.41, 5.74) is 4.93. The lowest BCUT2D eigenvalue weighted by Gasteiger charge is -2.20. The summed E-state index contributed by atoms with van der Waals surface area (Å²) in [5.74, 6) is 0. The minimum atomic E-state index is -0.426. The fourth-order valence-corrected chi connectivity index (χ4v) is 7.36. The molecule has 1 heteroatoms. The van der Waals surface area contributed by atoms with Gasteiger partial charge in [-0.3, -0.25) is 0 Å². The topological polar surface area (TPSA) is 13.1 Å². The van der Waals surface area contributed by atoms with Crippen LogP contribution in [0.5, 0.6) is 0 Å². The Morgan fingerprint density at radius 2 is 0.933 bits per heavy atom. The SMILES string of the molecule is [2H]c1c([2H])c([2H])c2c(c1[2H])c([2H])c([2H])c1oc3cc(-c4c5ccccc5c(-c5cccc6ccccc56)c5ccccc45)c4ccccc4c3c12. The van der Waals surface area contributed by atoms with Crippen LogP contribution in [-0.2, 0) is 0 Å². The van der Waals surface area contributed by atoms with Crippen molar-refractivity contribution in [3.8, 4) is 22.3 Å². The van der Waals surface area contributed by atoms with Gasteiger partial charge in [-0.05, 0) is 88.2 Å². The minimum absolute atomic E-state index is 0.0235. The maximum atomic E-state index is 8.96. The third kappa shape index (κ3) is 3.44. The van der Waals surface area contributed by atoms with Crippen molar-refractivity contribution in [3.63, 3.8) is 0 Å². The molecule has 208 valence electrons. The summed E-state index contributed by atoms with van der Waals surface area (Å²) < 4.78 is 58.7. The highest BCUT2D eigenvalue weighted by Crippen LogP contribution is 2.49. The van der Waals surface area contributed by atoms with Crippen LogP contribution in [0.1, 0.15) is 8.22 Å². The summed E-state index contributed by atoms with van der Waals surface area (Å²) in [4.78, 5) is 0. The Morgan fingerprint density at radius 3 is 1.67 bits per heavy atom. The predicted octanol–water partition coefficient (Wildman–Crippen LogP) is 12.7. The average Bonchev–Trinajstić information content (AvgIpc) is 3.56. The molecule has 9 aromatic carbocycles.